The minimum absolute atomic E-state index is 0.312. The number of aryl methyl sites for hydroxylation is 2. The Hall–Kier alpha value is -7.84. The SMILES string of the molecule is Cc1nc(C)nc(-c2c(-n3c4cc(C#N)ccc4c4ccc(C#N)cc43)cc(C#N)cc2-n2c3cc(C#N)ccc3c3ccc(C#N)cc32)n1. The van der Waals surface area contributed by atoms with Crippen LogP contribution in [0.3, 0.4) is 0 Å². The van der Waals surface area contributed by atoms with Crippen LogP contribution < -0.4 is 0 Å². The van der Waals surface area contributed by atoms with E-state index in [9.17, 15) is 26.3 Å². The quantitative estimate of drug-likeness (QED) is 0.189. The first-order chi connectivity index (χ1) is 24.3. The lowest BCUT2D eigenvalue weighted by atomic mass is 10.0. The normalized spacial score (nSPS) is 10.9. The summed E-state index contributed by atoms with van der Waals surface area (Å²) < 4.78 is 3.88. The molecule has 8 aromatic rings. The molecule has 0 N–H and O–H groups in total. The number of rotatable bonds is 3. The number of benzene rings is 5. The molecule has 0 atom stereocenters. The molecular formula is C40H20N10. The van der Waals surface area contributed by atoms with Gasteiger partial charge in [-0.3, -0.25) is 0 Å². The van der Waals surface area contributed by atoms with E-state index in [1.807, 2.05) is 33.4 Å². The van der Waals surface area contributed by atoms with Crippen LogP contribution in [0.2, 0.25) is 0 Å². The second-order valence-corrected chi connectivity index (χ2v) is 11.8. The van der Waals surface area contributed by atoms with E-state index in [1.54, 1.807) is 74.5 Å². The summed E-state index contributed by atoms with van der Waals surface area (Å²) in [6, 6.07) is 36.4. The zero-order valence-corrected chi connectivity index (χ0v) is 26.6. The van der Waals surface area contributed by atoms with Crippen LogP contribution in [0, 0.1) is 70.5 Å². The van der Waals surface area contributed by atoms with Gasteiger partial charge in [-0.25, -0.2) is 15.0 Å². The second kappa shape index (κ2) is 11.2. The van der Waals surface area contributed by atoms with Crippen LogP contribution in [0.25, 0.3) is 66.4 Å². The van der Waals surface area contributed by atoms with Crippen LogP contribution in [0.15, 0.2) is 84.9 Å². The highest BCUT2D eigenvalue weighted by Crippen LogP contribution is 2.42. The van der Waals surface area contributed by atoms with E-state index in [4.69, 9.17) is 9.97 Å². The third-order valence-corrected chi connectivity index (χ3v) is 8.84. The number of fused-ring (bicyclic) bond motifs is 6. The molecule has 0 aliphatic heterocycles. The van der Waals surface area contributed by atoms with Gasteiger partial charge in [0, 0.05) is 21.5 Å². The molecule has 0 saturated heterocycles. The van der Waals surface area contributed by atoms with Crippen molar-refractivity contribution < 1.29 is 0 Å². The molecule has 0 unspecified atom stereocenters. The average molecular weight is 641 g/mol. The van der Waals surface area contributed by atoms with E-state index >= 15 is 0 Å². The largest absolute Gasteiger partial charge is 0.308 e. The molecule has 0 fully saturated rings. The van der Waals surface area contributed by atoms with Crippen LogP contribution in [-0.4, -0.2) is 24.1 Å². The molecule has 0 saturated carbocycles. The highest BCUT2D eigenvalue weighted by molar-refractivity contribution is 6.12. The standard InChI is InChI=1S/C40H20N10/c1-22-46-23(2)48-40(47-22)39-37(49-33-11-24(17-41)3-7-29(33)30-8-4-25(18-42)12-34(30)49)15-28(21-45)16-38(39)50-35-13-26(19-43)5-9-31(35)32-10-6-27(20-44)14-36(32)50/h3-16H,1-2H3. The molecule has 0 spiro atoms. The number of hydrogen-bond donors (Lipinski definition) is 0. The fourth-order valence-corrected chi connectivity index (χ4v) is 6.82. The first-order valence-electron chi connectivity index (χ1n) is 15.4. The molecule has 10 heteroatoms. The predicted molar refractivity (Wildman–Crippen MR) is 187 cm³/mol. The Morgan fingerprint density at radius 2 is 0.740 bits per heavy atom. The highest BCUT2D eigenvalue weighted by atomic mass is 15.1. The van der Waals surface area contributed by atoms with Gasteiger partial charge in [0.05, 0.1) is 97.2 Å². The summed E-state index contributed by atoms with van der Waals surface area (Å²) in [5.41, 5.74) is 6.35. The molecule has 0 bridgehead atoms. The smallest absolute Gasteiger partial charge is 0.167 e. The van der Waals surface area contributed by atoms with Crippen molar-refractivity contribution in [3.63, 3.8) is 0 Å². The van der Waals surface area contributed by atoms with E-state index < -0.39 is 0 Å². The third kappa shape index (κ3) is 4.41. The van der Waals surface area contributed by atoms with Crippen molar-refractivity contribution in [2.45, 2.75) is 13.8 Å². The fraction of sp³-hybridized carbons (Fsp3) is 0.0500. The maximum absolute atomic E-state index is 10.5. The van der Waals surface area contributed by atoms with Crippen molar-refractivity contribution in [3.8, 4) is 53.1 Å². The van der Waals surface area contributed by atoms with Crippen molar-refractivity contribution in [1.29, 1.82) is 26.3 Å². The van der Waals surface area contributed by atoms with E-state index in [-0.39, 0.29) is 0 Å². The zero-order chi connectivity index (χ0) is 34.7. The van der Waals surface area contributed by atoms with Gasteiger partial charge in [0.15, 0.2) is 5.82 Å². The topological polar surface area (TPSA) is 167 Å². The Bertz CT molecular complexity index is 2680. The van der Waals surface area contributed by atoms with E-state index in [2.05, 4.69) is 35.3 Å². The number of hydrogen-bond acceptors (Lipinski definition) is 8. The summed E-state index contributed by atoms with van der Waals surface area (Å²) in [5, 5.41) is 53.6. The van der Waals surface area contributed by atoms with Crippen LogP contribution in [-0.2, 0) is 0 Å². The van der Waals surface area contributed by atoms with Gasteiger partial charge in [-0.05, 0) is 74.5 Å². The molecule has 50 heavy (non-hydrogen) atoms. The van der Waals surface area contributed by atoms with Gasteiger partial charge in [0.2, 0.25) is 0 Å². The lowest BCUT2D eigenvalue weighted by Gasteiger charge is -2.20. The summed E-state index contributed by atoms with van der Waals surface area (Å²) in [4.78, 5) is 14.1. The van der Waals surface area contributed by atoms with Crippen molar-refractivity contribution in [3.05, 3.63) is 124 Å². The van der Waals surface area contributed by atoms with E-state index in [1.165, 1.54) is 0 Å². The second-order valence-electron chi connectivity index (χ2n) is 11.8. The molecule has 230 valence electrons. The lowest BCUT2D eigenvalue weighted by molar-refractivity contribution is 0.924. The molecule has 3 heterocycles. The molecule has 0 amide bonds. The van der Waals surface area contributed by atoms with Gasteiger partial charge in [-0.2, -0.15) is 26.3 Å². The van der Waals surface area contributed by atoms with Gasteiger partial charge in [0.1, 0.15) is 11.6 Å². The van der Waals surface area contributed by atoms with Gasteiger partial charge in [0.25, 0.3) is 0 Å². The average Bonchev–Trinajstić information content (AvgIpc) is 3.64. The van der Waals surface area contributed by atoms with E-state index in [0.29, 0.717) is 84.3 Å². The Morgan fingerprint density at radius 3 is 1.04 bits per heavy atom. The number of nitriles is 5. The maximum atomic E-state index is 10.5. The Morgan fingerprint density at radius 1 is 0.420 bits per heavy atom. The molecule has 8 rings (SSSR count). The molecule has 0 aliphatic rings. The summed E-state index contributed by atoms with van der Waals surface area (Å²) in [6.07, 6.45) is 0. The van der Waals surface area contributed by atoms with Gasteiger partial charge in [-0.1, -0.05) is 24.3 Å². The molecular weight excluding hydrogens is 621 g/mol. The Balaban J connectivity index is 1.65. The molecule has 0 radical (unpaired) electrons. The van der Waals surface area contributed by atoms with Crippen LogP contribution in [0.5, 0.6) is 0 Å². The van der Waals surface area contributed by atoms with Crippen molar-refractivity contribution in [1.82, 2.24) is 24.1 Å². The Kier molecular flexibility index (Phi) is 6.59. The summed E-state index contributed by atoms with van der Waals surface area (Å²) in [5.74, 6) is 1.29. The summed E-state index contributed by atoms with van der Waals surface area (Å²) in [6.45, 7) is 3.55. The summed E-state index contributed by atoms with van der Waals surface area (Å²) >= 11 is 0. The third-order valence-electron chi connectivity index (χ3n) is 8.84. The van der Waals surface area contributed by atoms with Crippen molar-refractivity contribution in [2.24, 2.45) is 0 Å². The highest BCUT2D eigenvalue weighted by Gasteiger charge is 2.25. The first kappa shape index (κ1) is 29.6. The van der Waals surface area contributed by atoms with Gasteiger partial charge >= 0.3 is 0 Å². The van der Waals surface area contributed by atoms with Crippen molar-refractivity contribution >= 4 is 43.6 Å². The zero-order valence-electron chi connectivity index (χ0n) is 26.6. The Labute approximate surface area is 284 Å². The number of nitrogens with zero attached hydrogens (tertiary/aromatic N) is 10. The lowest BCUT2D eigenvalue weighted by Crippen LogP contribution is -2.08. The minimum Gasteiger partial charge on any atom is -0.308 e. The van der Waals surface area contributed by atoms with Gasteiger partial charge < -0.3 is 9.13 Å². The molecule has 0 aliphatic carbocycles. The van der Waals surface area contributed by atoms with Crippen LogP contribution in [0.4, 0.5) is 0 Å². The number of aromatic nitrogens is 5. The van der Waals surface area contributed by atoms with Crippen LogP contribution in [0.1, 0.15) is 39.5 Å². The maximum Gasteiger partial charge on any atom is 0.167 e. The van der Waals surface area contributed by atoms with E-state index in [0.717, 1.165) is 21.5 Å². The van der Waals surface area contributed by atoms with Gasteiger partial charge in [-0.15, -0.1) is 0 Å². The fourth-order valence-electron chi connectivity index (χ4n) is 6.82. The predicted octanol–water partition coefficient (Wildman–Crippen LogP) is 7.71. The first-order valence-corrected chi connectivity index (χ1v) is 15.4. The van der Waals surface area contributed by atoms with Crippen LogP contribution >= 0.6 is 0 Å². The summed E-state index contributed by atoms with van der Waals surface area (Å²) in [7, 11) is 0. The molecule has 3 aromatic heterocycles. The minimum atomic E-state index is 0.312. The molecule has 10 nitrogen and oxygen atoms in total. The van der Waals surface area contributed by atoms with Crippen molar-refractivity contribution in [2.75, 3.05) is 0 Å². The molecule has 5 aromatic carbocycles. The monoisotopic (exact) mass is 640 g/mol.